The highest BCUT2D eigenvalue weighted by molar-refractivity contribution is 5.94. The quantitative estimate of drug-likeness (QED) is 0.766. The van der Waals surface area contributed by atoms with Crippen molar-refractivity contribution in [2.24, 2.45) is 0 Å². The summed E-state index contributed by atoms with van der Waals surface area (Å²) >= 11 is 0. The molecule has 1 aromatic carbocycles. The molecule has 3 rings (SSSR count). The number of carbonyl (C=O) groups excluding carboxylic acids is 1. The molecule has 2 heterocycles. The smallest absolute Gasteiger partial charge is 0.272 e. The molecule has 0 spiro atoms. The normalized spacial score (nSPS) is 13.3. The third-order valence-corrected chi connectivity index (χ3v) is 3.92. The Morgan fingerprint density at radius 2 is 2.13 bits per heavy atom. The fraction of sp³-hybridized carbons (Fsp3) is 0.375. The van der Waals surface area contributed by atoms with Crippen LogP contribution in [0.15, 0.2) is 18.2 Å². The predicted molar refractivity (Wildman–Crippen MR) is 84.7 cm³/mol. The van der Waals surface area contributed by atoms with Gasteiger partial charge in [0.1, 0.15) is 0 Å². The molecule has 1 aromatic heterocycles. The third kappa shape index (κ3) is 3.14. The molecule has 1 aliphatic rings. The molecular weight excluding hydrogens is 296 g/mol. The fourth-order valence-corrected chi connectivity index (χ4v) is 2.67. The van der Waals surface area contributed by atoms with Crippen LogP contribution in [0, 0.1) is 0 Å². The highest BCUT2D eigenvalue weighted by Crippen LogP contribution is 2.27. The lowest BCUT2D eigenvalue weighted by molar-refractivity contribution is 0.0944. The number of carbonyl (C=O) groups is 1. The van der Waals surface area contributed by atoms with Crippen LogP contribution in [0.3, 0.4) is 0 Å². The molecule has 0 radical (unpaired) electrons. The van der Waals surface area contributed by atoms with E-state index in [1.807, 2.05) is 18.2 Å². The van der Waals surface area contributed by atoms with Crippen LogP contribution in [0.4, 0.5) is 0 Å². The van der Waals surface area contributed by atoms with E-state index in [9.17, 15) is 4.79 Å². The van der Waals surface area contributed by atoms with Gasteiger partial charge in [-0.3, -0.25) is 9.89 Å². The maximum atomic E-state index is 12.4. The van der Waals surface area contributed by atoms with Gasteiger partial charge in [0, 0.05) is 37.3 Å². The SMILES string of the molecule is COc1ccc(CNC(=O)c2n[nH]c3c2CNCC3)cc1OC. The number of benzene rings is 1. The molecule has 0 atom stereocenters. The number of nitrogens with one attached hydrogen (secondary N) is 3. The minimum Gasteiger partial charge on any atom is -0.493 e. The van der Waals surface area contributed by atoms with Crippen LogP contribution in [0.25, 0.3) is 0 Å². The summed E-state index contributed by atoms with van der Waals surface area (Å²) in [6, 6.07) is 5.56. The Labute approximate surface area is 134 Å². The summed E-state index contributed by atoms with van der Waals surface area (Å²) in [5.74, 6) is 1.12. The number of amides is 1. The molecule has 3 N–H and O–H groups in total. The highest BCUT2D eigenvalue weighted by Gasteiger charge is 2.21. The second-order valence-electron chi connectivity index (χ2n) is 5.33. The van der Waals surface area contributed by atoms with E-state index in [0.717, 1.165) is 29.8 Å². The Kier molecular flexibility index (Phi) is 4.47. The van der Waals surface area contributed by atoms with Crippen LogP contribution in [0.1, 0.15) is 27.3 Å². The molecule has 23 heavy (non-hydrogen) atoms. The van der Waals surface area contributed by atoms with Crippen molar-refractivity contribution >= 4 is 5.91 Å². The Morgan fingerprint density at radius 3 is 2.91 bits per heavy atom. The minimum absolute atomic E-state index is 0.180. The molecule has 1 amide bonds. The van der Waals surface area contributed by atoms with Gasteiger partial charge >= 0.3 is 0 Å². The van der Waals surface area contributed by atoms with Gasteiger partial charge in [0.15, 0.2) is 17.2 Å². The second kappa shape index (κ2) is 6.70. The Hall–Kier alpha value is -2.54. The molecule has 0 fully saturated rings. The van der Waals surface area contributed by atoms with Gasteiger partial charge in [-0.15, -0.1) is 0 Å². The first-order chi connectivity index (χ1) is 11.2. The van der Waals surface area contributed by atoms with Crippen molar-refractivity contribution < 1.29 is 14.3 Å². The van der Waals surface area contributed by atoms with E-state index < -0.39 is 0 Å². The highest BCUT2D eigenvalue weighted by atomic mass is 16.5. The molecule has 0 aliphatic carbocycles. The van der Waals surface area contributed by atoms with Crippen molar-refractivity contribution in [3.05, 3.63) is 40.7 Å². The number of hydrogen-bond donors (Lipinski definition) is 3. The van der Waals surface area contributed by atoms with Crippen molar-refractivity contribution in [3.8, 4) is 11.5 Å². The second-order valence-corrected chi connectivity index (χ2v) is 5.33. The summed E-state index contributed by atoms with van der Waals surface area (Å²) < 4.78 is 10.5. The van der Waals surface area contributed by atoms with Gasteiger partial charge in [0.25, 0.3) is 5.91 Å². The molecule has 7 nitrogen and oxygen atoms in total. The number of H-pyrrole nitrogens is 1. The zero-order valence-corrected chi connectivity index (χ0v) is 13.2. The summed E-state index contributed by atoms with van der Waals surface area (Å²) in [5, 5.41) is 13.2. The van der Waals surface area contributed by atoms with E-state index in [0.29, 0.717) is 30.3 Å². The summed E-state index contributed by atoms with van der Waals surface area (Å²) in [4.78, 5) is 12.4. The predicted octanol–water partition coefficient (Wildman–Crippen LogP) is 1.00. The van der Waals surface area contributed by atoms with Crippen molar-refractivity contribution in [3.63, 3.8) is 0 Å². The first kappa shape index (κ1) is 15.4. The number of methoxy groups -OCH3 is 2. The largest absolute Gasteiger partial charge is 0.493 e. The van der Waals surface area contributed by atoms with Crippen LogP contribution in [-0.2, 0) is 19.5 Å². The molecule has 1 aliphatic heterocycles. The van der Waals surface area contributed by atoms with E-state index >= 15 is 0 Å². The summed E-state index contributed by atoms with van der Waals surface area (Å²) in [6.45, 7) is 1.97. The van der Waals surface area contributed by atoms with Crippen LogP contribution in [0.5, 0.6) is 11.5 Å². The minimum atomic E-state index is -0.180. The number of fused-ring (bicyclic) bond motifs is 1. The van der Waals surface area contributed by atoms with E-state index in [2.05, 4.69) is 20.8 Å². The maximum Gasteiger partial charge on any atom is 0.272 e. The summed E-state index contributed by atoms with van der Waals surface area (Å²) in [5.41, 5.74) is 3.40. The standard InChI is InChI=1S/C16H20N4O3/c1-22-13-4-3-10(7-14(13)23-2)8-18-16(21)15-11-9-17-6-5-12(11)19-20-15/h3-4,7,17H,5-6,8-9H2,1-2H3,(H,18,21)(H,19,20). The number of hydrogen-bond acceptors (Lipinski definition) is 5. The van der Waals surface area contributed by atoms with Gasteiger partial charge in [0.2, 0.25) is 0 Å². The Morgan fingerprint density at radius 1 is 1.30 bits per heavy atom. The van der Waals surface area contributed by atoms with E-state index in [1.165, 1.54) is 0 Å². The molecule has 0 unspecified atom stereocenters. The molecule has 7 heteroatoms. The van der Waals surface area contributed by atoms with Crippen LogP contribution in [0.2, 0.25) is 0 Å². The van der Waals surface area contributed by atoms with Gasteiger partial charge in [0.05, 0.1) is 14.2 Å². The maximum absolute atomic E-state index is 12.4. The average molecular weight is 316 g/mol. The van der Waals surface area contributed by atoms with Gasteiger partial charge in [-0.2, -0.15) is 5.10 Å². The zero-order chi connectivity index (χ0) is 16.2. The fourth-order valence-electron chi connectivity index (χ4n) is 2.67. The molecule has 122 valence electrons. The van der Waals surface area contributed by atoms with Crippen molar-refractivity contribution in [1.82, 2.24) is 20.8 Å². The Balaban J connectivity index is 1.68. The van der Waals surface area contributed by atoms with Crippen LogP contribution >= 0.6 is 0 Å². The first-order valence-electron chi connectivity index (χ1n) is 7.49. The number of aromatic nitrogens is 2. The van der Waals surface area contributed by atoms with E-state index in [4.69, 9.17) is 9.47 Å². The summed E-state index contributed by atoms with van der Waals surface area (Å²) in [6.07, 6.45) is 0.866. The summed E-state index contributed by atoms with van der Waals surface area (Å²) in [7, 11) is 3.18. The topological polar surface area (TPSA) is 88.3 Å². The zero-order valence-electron chi connectivity index (χ0n) is 13.2. The molecule has 2 aromatic rings. The number of nitrogens with zero attached hydrogens (tertiary/aromatic N) is 1. The van der Waals surface area contributed by atoms with Crippen molar-refractivity contribution in [1.29, 1.82) is 0 Å². The molecule has 0 saturated heterocycles. The van der Waals surface area contributed by atoms with Gasteiger partial charge in [-0.05, 0) is 17.7 Å². The Bertz CT molecular complexity index is 711. The van der Waals surface area contributed by atoms with E-state index in [-0.39, 0.29) is 5.91 Å². The average Bonchev–Trinajstić information content (AvgIpc) is 3.03. The number of aromatic amines is 1. The van der Waals surface area contributed by atoms with E-state index in [1.54, 1.807) is 14.2 Å². The lowest BCUT2D eigenvalue weighted by Gasteiger charge is -2.13. The van der Waals surface area contributed by atoms with Gasteiger partial charge in [-0.1, -0.05) is 6.07 Å². The number of ether oxygens (including phenoxy) is 2. The third-order valence-electron chi connectivity index (χ3n) is 3.92. The lowest BCUT2D eigenvalue weighted by Crippen LogP contribution is -2.28. The molecule has 0 bridgehead atoms. The van der Waals surface area contributed by atoms with Crippen molar-refractivity contribution in [2.45, 2.75) is 19.5 Å². The van der Waals surface area contributed by atoms with Gasteiger partial charge < -0.3 is 20.1 Å². The molecular formula is C16H20N4O3. The monoisotopic (exact) mass is 316 g/mol. The van der Waals surface area contributed by atoms with Crippen LogP contribution < -0.4 is 20.1 Å². The molecule has 0 saturated carbocycles. The van der Waals surface area contributed by atoms with Crippen molar-refractivity contribution in [2.75, 3.05) is 20.8 Å². The number of rotatable bonds is 5. The first-order valence-corrected chi connectivity index (χ1v) is 7.49. The lowest BCUT2D eigenvalue weighted by atomic mass is 10.1. The van der Waals surface area contributed by atoms with Gasteiger partial charge in [-0.25, -0.2) is 0 Å². The van der Waals surface area contributed by atoms with Crippen LogP contribution in [-0.4, -0.2) is 36.9 Å².